The standard InChI is InChI=1S/C24H25ClN2O4/c1-4-15-31-19-11-7-17(8-12-19)22(28)20-21(16-5-9-18(25)10-6-16)27(14-13-26(2)3)24(30)23(20)29/h4-12,21,28H,1,13-15H2,2-3H3/t21-/m0/s1. The van der Waals surface area contributed by atoms with Gasteiger partial charge < -0.3 is 19.6 Å². The van der Waals surface area contributed by atoms with Gasteiger partial charge >= 0.3 is 0 Å². The Morgan fingerprint density at radius 3 is 2.39 bits per heavy atom. The van der Waals surface area contributed by atoms with Crippen LogP contribution in [0.15, 0.2) is 66.8 Å². The number of amides is 1. The van der Waals surface area contributed by atoms with E-state index >= 15 is 0 Å². The van der Waals surface area contributed by atoms with Gasteiger partial charge in [0.1, 0.15) is 18.1 Å². The number of benzene rings is 2. The Bertz CT molecular complexity index is 997. The number of carbonyl (C=O) groups excluding carboxylic acids is 2. The first kappa shape index (κ1) is 22.6. The summed E-state index contributed by atoms with van der Waals surface area (Å²) < 4.78 is 5.46. The second-order valence-electron chi connectivity index (χ2n) is 7.47. The highest BCUT2D eigenvalue weighted by molar-refractivity contribution is 6.46. The molecule has 1 N–H and O–H groups in total. The third-order valence-electron chi connectivity index (χ3n) is 5.01. The summed E-state index contributed by atoms with van der Waals surface area (Å²) in [5.41, 5.74) is 1.19. The zero-order valence-electron chi connectivity index (χ0n) is 17.5. The van der Waals surface area contributed by atoms with E-state index in [1.807, 2.05) is 19.0 Å². The first-order chi connectivity index (χ1) is 14.8. The fourth-order valence-corrected chi connectivity index (χ4v) is 3.56. The normalized spacial score (nSPS) is 17.9. The van der Waals surface area contributed by atoms with E-state index in [0.717, 1.165) is 0 Å². The molecule has 6 nitrogen and oxygen atoms in total. The molecular weight excluding hydrogens is 416 g/mol. The SMILES string of the molecule is C=CCOc1ccc(C(O)=C2C(=O)C(=O)N(CCN(C)C)[C@H]2c2ccc(Cl)cc2)cc1. The maximum absolute atomic E-state index is 12.9. The average molecular weight is 441 g/mol. The lowest BCUT2D eigenvalue weighted by Crippen LogP contribution is -2.35. The third kappa shape index (κ3) is 4.98. The van der Waals surface area contributed by atoms with Gasteiger partial charge in [-0.15, -0.1) is 0 Å². The van der Waals surface area contributed by atoms with Gasteiger partial charge in [0.25, 0.3) is 11.7 Å². The monoisotopic (exact) mass is 440 g/mol. The molecule has 0 aliphatic carbocycles. The Morgan fingerprint density at radius 2 is 1.81 bits per heavy atom. The van der Waals surface area contributed by atoms with E-state index in [2.05, 4.69) is 6.58 Å². The number of likely N-dealkylation sites (tertiary alicyclic amines) is 1. The maximum Gasteiger partial charge on any atom is 0.295 e. The predicted octanol–water partition coefficient (Wildman–Crippen LogP) is 3.89. The topological polar surface area (TPSA) is 70.1 Å². The van der Waals surface area contributed by atoms with E-state index in [1.165, 1.54) is 4.90 Å². The van der Waals surface area contributed by atoms with Crippen molar-refractivity contribution in [2.45, 2.75) is 6.04 Å². The summed E-state index contributed by atoms with van der Waals surface area (Å²) in [7, 11) is 3.79. The molecule has 1 fully saturated rings. The van der Waals surface area contributed by atoms with E-state index in [1.54, 1.807) is 54.6 Å². The number of aliphatic hydroxyl groups is 1. The second-order valence-corrected chi connectivity index (χ2v) is 7.91. The molecule has 0 unspecified atom stereocenters. The quantitative estimate of drug-likeness (QED) is 0.292. The van der Waals surface area contributed by atoms with E-state index < -0.39 is 17.7 Å². The first-order valence-electron chi connectivity index (χ1n) is 9.86. The molecule has 2 aromatic rings. The highest BCUT2D eigenvalue weighted by Gasteiger charge is 2.45. The number of carbonyl (C=O) groups is 2. The van der Waals surface area contributed by atoms with Crippen molar-refractivity contribution < 1.29 is 19.4 Å². The van der Waals surface area contributed by atoms with Crippen LogP contribution in [-0.2, 0) is 9.59 Å². The fraction of sp³-hybridized carbons (Fsp3) is 0.250. The third-order valence-corrected chi connectivity index (χ3v) is 5.26. The average Bonchev–Trinajstić information content (AvgIpc) is 3.01. The lowest BCUT2D eigenvalue weighted by Gasteiger charge is -2.26. The lowest BCUT2D eigenvalue weighted by molar-refractivity contribution is -0.140. The zero-order chi connectivity index (χ0) is 22.5. The zero-order valence-corrected chi connectivity index (χ0v) is 18.3. The van der Waals surface area contributed by atoms with Gasteiger partial charge in [0.2, 0.25) is 0 Å². The van der Waals surface area contributed by atoms with Crippen LogP contribution in [0.3, 0.4) is 0 Å². The molecule has 1 amide bonds. The molecule has 0 spiro atoms. The van der Waals surface area contributed by atoms with Gasteiger partial charge in [0, 0.05) is 23.7 Å². The van der Waals surface area contributed by atoms with Crippen molar-refractivity contribution in [3.05, 3.63) is 82.9 Å². The molecule has 0 aromatic heterocycles. The van der Waals surface area contributed by atoms with E-state index in [0.29, 0.717) is 41.6 Å². The highest BCUT2D eigenvalue weighted by atomic mass is 35.5. The van der Waals surface area contributed by atoms with E-state index in [4.69, 9.17) is 16.3 Å². The molecule has 7 heteroatoms. The Morgan fingerprint density at radius 1 is 1.16 bits per heavy atom. The Labute approximate surface area is 187 Å². The lowest BCUT2D eigenvalue weighted by atomic mass is 9.95. The van der Waals surface area contributed by atoms with Gasteiger partial charge in [-0.1, -0.05) is 36.4 Å². The molecule has 1 saturated heterocycles. The van der Waals surface area contributed by atoms with Gasteiger partial charge in [0.15, 0.2) is 0 Å². The summed E-state index contributed by atoms with van der Waals surface area (Å²) >= 11 is 6.03. The van der Waals surface area contributed by atoms with Gasteiger partial charge in [-0.2, -0.15) is 0 Å². The number of hydrogen-bond acceptors (Lipinski definition) is 5. The van der Waals surface area contributed by atoms with Crippen LogP contribution in [0, 0.1) is 0 Å². The Hall–Kier alpha value is -3.09. The minimum atomic E-state index is -0.705. The van der Waals surface area contributed by atoms with Crippen molar-refractivity contribution >= 4 is 29.1 Å². The number of hydrogen-bond donors (Lipinski definition) is 1. The molecule has 0 saturated carbocycles. The van der Waals surface area contributed by atoms with Crippen LogP contribution in [0.25, 0.3) is 5.76 Å². The molecule has 1 aliphatic heterocycles. The Kier molecular flexibility index (Phi) is 7.15. The molecule has 0 radical (unpaired) electrons. The van der Waals surface area contributed by atoms with E-state index in [-0.39, 0.29) is 11.3 Å². The first-order valence-corrected chi connectivity index (χ1v) is 10.2. The summed E-state index contributed by atoms with van der Waals surface area (Å²) in [5.74, 6) is -0.949. The minimum Gasteiger partial charge on any atom is -0.507 e. The number of nitrogens with zero attached hydrogens (tertiary/aromatic N) is 2. The number of Topliss-reactive ketones (excluding diaryl/α,β-unsaturated/α-hetero) is 1. The van der Waals surface area contributed by atoms with Crippen molar-refractivity contribution in [2.24, 2.45) is 0 Å². The van der Waals surface area contributed by atoms with Gasteiger partial charge in [-0.3, -0.25) is 9.59 Å². The number of halogens is 1. The Balaban J connectivity index is 2.05. The van der Waals surface area contributed by atoms with Crippen LogP contribution < -0.4 is 4.74 Å². The highest BCUT2D eigenvalue weighted by Crippen LogP contribution is 2.39. The molecule has 1 heterocycles. The molecule has 162 valence electrons. The van der Waals surface area contributed by atoms with Crippen LogP contribution in [-0.4, -0.2) is 60.4 Å². The van der Waals surface area contributed by atoms with Gasteiger partial charge in [-0.25, -0.2) is 0 Å². The number of rotatable bonds is 8. The van der Waals surface area contributed by atoms with Crippen molar-refractivity contribution in [1.29, 1.82) is 0 Å². The molecule has 1 atom stereocenters. The van der Waals surface area contributed by atoms with Crippen molar-refractivity contribution in [2.75, 3.05) is 33.8 Å². The molecular formula is C24H25ClN2O4. The molecule has 2 aromatic carbocycles. The predicted molar refractivity (Wildman–Crippen MR) is 121 cm³/mol. The fourth-order valence-electron chi connectivity index (χ4n) is 3.43. The van der Waals surface area contributed by atoms with Crippen LogP contribution in [0.5, 0.6) is 5.75 Å². The van der Waals surface area contributed by atoms with Gasteiger partial charge in [0.05, 0.1) is 11.6 Å². The smallest absolute Gasteiger partial charge is 0.295 e. The number of likely N-dealkylation sites (N-methyl/N-ethyl adjacent to an activating group) is 1. The van der Waals surface area contributed by atoms with Crippen molar-refractivity contribution in [3.63, 3.8) is 0 Å². The van der Waals surface area contributed by atoms with Crippen molar-refractivity contribution in [3.8, 4) is 5.75 Å². The molecule has 31 heavy (non-hydrogen) atoms. The summed E-state index contributed by atoms with van der Waals surface area (Å²) in [6.07, 6.45) is 1.63. The number of ketones is 1. The largest absolute Gasteiger partial charge is 0.507 e. The number of ether oxygens (including phenoxy) is 1. The molecule has 1 aliphatic rings. The summed E-state index contributed by atoms with van der Waals surface area (Å²) in [6.45, 7) is 4.89. The van der Waals surface area contributed by atoms with Gasteiger partial charge in [-0.05, 0) is 56.1 Å². The van der Waals surface area contributed by atoms with Crippen molar-refractivity contribution in [1.82, 2.24) is 9.80 Å². The second kappa shape index (κ2) is 9.81. The summed E-state index contributed by atoms with van der Waals surface area (Å²) in [6, 6.07) is 12.9. The number of aliphatic hydroxyl groups excluding tert-OH is 1. The van der Waals surface area contributed by atoms with Crippen LogP contribution in [0.4, 0.5) is 0 Å². The van der Waals surface area contributed by atoms with E-state index in [9.17, 15) is 14.7 Å². The summed E-state index contributed by atoms with van der Waals surface area (Å²) in [4.78, 5) is 29.2. The minimum absolute atomic E-state index is 0.0610. The maximum atomic E-state index is 12.9. The molecule has 0 bridgehead atoms. The van der Waals surface area contributed by atoms with Crippen LogP contribution >= 0.6 is 11.6 Å². The molecule has 3 rings (SSSR count). The van der Waals surface area contributed by atoms with Crippen LogP contribution in [0.2, 0.25) is 5.02 Å². The summed E-state index contributed by atoms with van der Waals surface area (Å²) in [5, 5.41) is 11.6. The van der Waals surface area contributed by atoms with Crippen LogP contribution in [0.1, 0.15) is 17.2 Å².